The van der Waals surface area contributed by atoms with Gasteiger partial charge in [0.15, 0.2) is 17.9 Å². The van der Waals surface area contributed by atoms with Crippen molar-refractivity contribution in [1.82, 2.24) is 0 Å². The van der Waals surface area contributed by atoms with Crippen molar-refractivity contribution in [3.05, 3.63) is 0 Å². The second-order valence-corrected chi connectivity index (χ2v) is 8.21. The Kier molecular flexibility index (Phi) is 4.25. The van der Waals surface area contributed by atoms with Crippen LogP contribution in [0.3, 0.4) is 0 Å². The summed E-state index contributed by atoms with van der Waals surface area (Å²) < 4.78 is 35.0. The van der Waals surface area contributed by atoms with Crippen molar-refractivity contribution in [3.63, 3.8) is 0 Å². The third kappa shape index (κ3) is 2.76. The summed E-state index contributed by atoms with van der Waals surface area (Å²) in [6.07, 6.45) is -1.31. The molecule has 0 radical (unpaired) electrons. The van der Waals surface area contributed by atoms with E-state index in [1.807, 2.05) is 34.6 Å². The monoisotopic (exact) mass is 344 g/mol. The first-order chi connectivity index (χ1) is 11.0. The Balaban J connectivity index is 1.86. The van der Waals surface area contributed by atoms with Crippen LogP contribution in [0.5, 0.6) is 0 Å². The van der Waals surface area contributed by atoms with E-state index in [9.17, 15) is 4.79 Å². The highest BCUT2D eigenvalue weighted by atomic mass is 16.8. The third-order valence-electron chi connectivity index (χ3n) is 5.01. The number of hydrogen-bond donors (Lipinski definition) is 0. The van der Waals surface area contributed by atoms with Gasteiger partial charge in [0, 0.05) is 20.6 Å². The van der Waals surface area contributed by atoms with Crippen molar-refractivity contribution >= 4 is 5.97 Å². The zero-order valence-electron chi connectivity index (χ0n) is 15.5. The quantitative estimate of drug-likeness (QED) is 0.571. The summed E-state index contributed by atoms with van der Waals surface area (Å²) in [7, 11) is 3.17. The minimum Gasteiger partial charge on any atom is -0.459 e. The van der Waals surface area contributed by atoms with Crippen LogP contribution in [0.1, 0.15) is 41.0 Å². The molecule has 2 saturated heterocycles. The zero-order valence-corrected chi connectivity index (χ0v) is 15.5. The maximum Gasteiger partial charge on any atom is 0.311 e. The van der Waals surface area contributed by atoms with Crippen LogP contribution >= 0.6 is 0 Å². The van der Waals surface area contributed by atoms with E-state index >= 15 is 0 Å². The molecular weight excluding hydrogens is 316 g/mol. The summed E-state index contributed by atoms with van der Waals surface area (Å²) in [6.45, 7) is 9.15. The average molecular weight is 344 g/mol. The number of carbonyl (C=O) groups excluding carboxylic acids is 1. The molecule has 1 saturated carbocycles. The van der Waals surface area contributed by atoms with E-state index in [2.05, 4.69) is 0 Å². The van der Waals surface area contributed by atoms with E-state index in [0.717, 1.165) is 0 Å². The van der Waals surface area contributed by atoms with Crippen LogP contribution in [0.15, 0.2) is 0 Å². The lowest BCUT2D eigenvalue weighted by Gasteiger charge is -2.33. The molecule has 0 spiro atoms. The molecule has 5 atom stereocenters. The molecule has 0 aromatic rings. The van der Waals surface area contributed by atoms with Gasteiger partial charge < -0.3 is 28.4 Å². The highest BCUT2D eigenvalue weighted by molar-refractivity contribution is 5.75. The molecule has 0 N–H and O–H groups in total. The molecule has 2 aliphatic heterocycles. The molecular formula is C17H28O7. The van der Waals surface area contributed by atoms with Crippen LogP contribution in [0, 0.1) is 11.3 Å². The lowest BCUT2D eigenvalue weighted by molar-refractivity contribution is -0.256. The second-order valence-electron chi connectivity index (χ2n) is 8.21. The maximum atomic E-state index is 12.3. The molecule has 3 fully saturated rings. The Morgan fingerprint density at radius 2 is 1.71 bits per heavy atom. The highest BCUT2D eigenvalue weighted by Gasteiger charge is 2.69. The number of carbonyl (C=O) groups is 1. The van der Waals surface area contributed by atoms with Crippen molar-refractivity contribution < 1.29 is 33.2 Å². The van der Waals surface area contributed by atoms with E-state index in [0.29, 0.717) is 6.42 Å². The molecule has 1 aliphatic carbocycles. The van der Waals surface area contributed by atoms with Gasteiger partial charge in [-0.05, 0) is 34.6 Å². The van der Waals surface area contributed by atoms with Crippen molar-refractivity contribution in [1.29, 1.82) is 0 Å². The van der Waals surface area contributed by atoms with Gasteiger partial charge >= 0.3 is 5.97 Å². The SMILES string of the molecule is COC1(OC)C[C@@H](OC(=O)C(C)(C)C)[C@H]2O[C@@H]3OC(C)(C)O[C@@H]3[C@H]21. The van der Waals surface area contributed by atoms with Gasteiger partial charge in [-0.1, -0.05) is 0 Å². The van der Waals surface area contributed by atoms with E-state index in [-0.39, 0.29) is 24.1 Å². The highest BCUT2D eigenvalue weighted by Crippen LogP contribution is 2.54. The van der Waals surface area contributed by atoms with Gasteiger partial charge in [-0.25, -0.2) is 0 Å². The summed E-state index contributed by atoms with van der Waals surface area (Å²) in [4.78, 5) is 12.3. The van der Waals surface area contributed by atoms with Gasteiger partial charge in [0.1, 0.15) is 18.3 Å². The van der Waals surface area contributed by atoms with Crippen molar-refractivity contribution in [2.75, 3.05) is 14.2 Å². The molecule has 2 heterocycles. The minimum absolute atomic E-state index is 0.239. The Labute approximate surface area is 142 Å². The summed E-state index contributed by atoms with van der Waals surface area (Å²) >= 11 is 0. The summed E-state index contributed by atoms with van der Waals surface area (Å²) in [5.74, 6) is -2.18. The van der Waals surface area contributed by atoms with Crippen molar-refractivity contribution in [2.45, 2.75) is 77.2 Å². The van der Waals surface area contributed by atoms with Crippen LogP contribution in [-0.2, 0) is 33.2 Å². The first kappa shape index (κ1) is 18.1. The molecule has 0 unspecified atom stereocenters. The standard InChI is InChI=1S/C17H28O7/c1-15(2,3)14(18)21-9-8-17(19-6,20-7)10-11(9)22-13-12(10)23-16(4,5)24-13/h9-13H,8H2,1-7H3/t9-,10+,11-,12-,13-/m1/s1. The van der Waals surface area contributed by atoms with Gasteiger partial charge in [0.25, 0.3) is 0 Å². The summed E-state index contributed by atoms with van der Waals surface area (Å²) in [6, 6.07) is 0. The number of methoxy groups -OCH3 is 2. The van der Waals surface area contributed by atoms with E-state index in [1.165, 1.54) is 0 Å². The maximum absolute atomic E-state index is 12.3. The molecule has 0 aromatic carbocycles. The number of fused-ring (bicyclic) bond motifs is 3. The molecule has 7 nitrogen and oxygen atoms in total. The van der Waals surface area contributed by atoms with Crippen LogP contribution in [0.4, 0.5) is 0 Å². The van der Waals surface area contributed by atoms with Crippen LogP contribution in [0.25, 0.3) is 0 Å². The van der Waals surface area contributed by atoms with Gasteiger partial charge in [-0.3, -0.25) is 4.79 Å². The Morgan fingerprint density at radius 3 is 2.25 bits per heavy atom. The number of ether oxygens (including phenoxy) is 6. The normalized spacial score (nSPS) is 39.5. The van der Waals surface area contributed by atoms with Crippen molar-refractivity contribution in [2.24, 2.45) is 11.3 Å². The molecule has 138 valence electrons. The number of rotatable bonds is 3. The fourth-order valence-corrected chi connectivity index (χ4v) is 3.83. The molecule has 7 heteroatoms. The van der Waals surface area contributed by atoms with Crippen molar-refractivity contribution in [3.8, 4) is 0 Å². The Hall–Kier alpha value is -0.730. The lowest BCUT2D eigenvalue weighted by atomic mass is 9.95. The van der Waals surface area contributed by atoms with Crippen LogP contribution < -0.4 is 0 Å². The second kappa shape index (κ2) is 5.64. The number of hydrogen-bond acceptors (Lipinski definition) is 7. The molecule has 24 heavy (non-hydrogen) atoms. The van der Waals surface area contributed by atoms with E-state index < -0.39 is 29.4 Å². The minimum atomic E-state index is -0.934. The Bertz CT molecular complexity index is 506. The van der Waals surface area contributed by atoms with Gasteiger partial charge in [-0.2, -0.15) is 0 Å². The summed E-state index contributed by atoms with van der Waals surface area (Å²) in [5.41, 5.74) is -0.593. The molecule has 0 bridgehead atoms. The zero-order chi connectivity index (χ0) is 17.9. The first-order valence-electron chi connectivity index (χ1n) is 8.35. The van der Waals surface area contributed by atoms with E-state index in [1.54, 1.807) is 14.2 Å². The third-order valence-corrected chi connectivity index (χ3v) is 5.01. The van der Waals surface area contributed by atoms with Gasteiger partial charge in [0.05, 0.1) is 11.3 Å². The molecule has 3 aliphatic rings. The van der Waals surface area contributed by atoms with Crippen LogP contribution in [0.2, 0.25) is 0 Å². The predicted octanol–water partition coefficient (Wildman–Crippen LogP) is 1.83. The largest absolute Gasteiger partial charge is 0.459 e. The molecule has 0 aromatic heterocycles. The summed E-state index contributed by atoms with van der Waals surface area (Å²) in [5, 5.41) is 0. The predicted molar refractivity (Wildman–Crippen MR) is 82.9 cm³/mol. The number of esters is 1. The fourth-order valence-electron chi connectivity index (χ4n) is 3.83. The average Bonchev–Trinajstić information content (AvgIpc) is 3.04. The van der Waals surface area contributed by atoms with Gasteiger partial charge in [0.2, 0.25) is 0 Å². The Morgan fingerprint density at radius 1 is 1.08 bits per heavy atom. The fraction of sp³-hybridized carbons (Fsp3) is 0.941. The molecule has 0 amide bonds. The topological polar surface area (TPSA) is 72.5 Å². The smallest absolute Gasteiger partial charge is 0.311 e. The van der Waals surface area contributed by atoms with Crippen LogP contribution in [-0.4, -0.2) is 56.4 Å². The van der Waals surface area contributed by atoms with E-state index in [4.69, 9.17) is 28.4 Å². The molecule has 3 rings (SSSR count). The lowest BCUT2D eigenvalue weighted by Crippen LogP contribution is -2.46. The first-order valence-corrected chi connectivity index (χ1v) is 8.35. The van der Waals surface area contributed by atoms with Gasteiger partial charge in [-0.15, -0.1) is 0 Å².